The van der Waals surface area contributed by atoms with Gasteiger partial charge in [0, 0.05) is 12.7 Å². The Morgan fingerprint density at radius 1 is 1.14 bits per heavy atom. The lowest BCUT2D eigenvalue weighted by atomic mass is 9.88. The summed E-state index contributed by atoms with van der Waals surface area (Å²) < 4.78 is 0. The van der Waals surface area contributed by atoms with E-state index in [1.165, 1.54) is 30.2 Å². The minimum absolute atomic E-state index is 0.0901. The largest absolute Gasteiger partial charge is 0.386 e. The van der Waals surface area contributed by atoms with Gasteiger partial charge in [-0.3, -0.25) is 4.79 Å². The zero-order chi connectivity index (χ0) is 19.8. The van der Waals surface area contributed by atoms with E-state index < -0.39 is 0 Å². The molecule has 4 nitrogen and oxygen atoms in total. The van der Waals surface area contributed by atoms with Crippen LogP contribution in [-0.2, 0) is 24.2 Å². The second kappa shape index (κ2) is 9.75. The van der Waals surface area contributed by atoms with Gasteiger partial charge >= 0.3 is 0 Å². The summed E-state index contributed by atoms with van der Waals surface area (Å²) in [5, 5.41) is 15.5. The Hall–Kier alpha value is -3.06. The van der Waals surface area contributed by atoms with E-state index in [9.17, 15) is 10.1 Å². The lowest BCUT2D eigenvalue weighted by molar-refractivity contribution is -0.117. The van der Waals surface area contributed by atoms with Crippen LogP contribution in [0, 0.1) is 11.3 Å². The summed E-state index contributed by atoms with van der Waals surface area (Å²) in [4.78, 5) is 12.6. The van der Waals surface area contributed by atoms with E-state index in [1.54, 1.807) is 0 Å². The monoisotopic (exact) mass is 373 g/mol. The molecule has 0 heterocycles. The van der Waals surface area contributed by atoms with Crippen molar-refractivity contribution < 1.29 is 4.79 Å². The highest BCUT2D eigenvalue weighted by Crippen LogP contribution is 2.26. The molecule has 1 aliphatic rings. The highest BCUT2D eigenvalue weighted by atomic mass is 16.1. The van der Waals surface area contributed by atoms with Gasteiger partial charge in [0.1, 0.15) is 11.6 Å². The number of fused-ring (bicyclic) bond motifs is 1. The summed E-state index contributed by atoms with van der Waals surface area (Å²) in [5.41, 5.74) is 5.13. The van der Waals surface area contributed by atoms with E-state index in [2.05, 4.69) is 28.8 Å². The molecule has 28 heavy (non-hydrogen) atoms. The van der Waals surface area contributed by atoms with E-state index in [0.29, 0.717) is 6.54 Å². The van der Waals surface area contributed by atoms with Crippen molar-refractivity contribution in [2.24, 2.45) is 0 Å². The van der Waals surface area contributed by atoms with Crippen LogP contribution >= 0.6 is 0 Å². The summed E-state index contributed by atoms with van der Waals surface area (Å²) in [6.45, 7) is 2.62. The summed E-state index contributed by atoms with van der Waals surface area (Å²) in [7, 11) is 0. The molecule has 1 unspecified atom stereocenters. The topological polar surface area (TPSA) is 64.9 Å². The third-order valence-electron chi connectivity index (χ3n) is 5.25. The van der Waals surface area contributed by atoms with Crippen LogP contribution in [0.4, 0.5) is 0 Å². The first kappa shape index (κ1) is 19.7. The number of benzene rings is 2. The molecule has 4 heteroatoms. The molecular formula is C24H27N3O. The molecule has 0 saturated carbocycles. The molecule has 1 amide bonds. The molecule has 0 aliphatic heterocycles. The minimum Gasteiger partial charge on any atom is -0.386 e. The van der Waals surface area contributed by atoms with Gasteiger partial charge in [-0.15, -0.1) is 0 Å². The second-order valence-corrected chi connectivity index (χ2v) is 7.21. The van der Waals surface area contributed by atoms with E-state index in [-0.39, 0.29) is 17.5 Å². The molecule has 2 N–H and O–H groups in total. The zero-order valence-electron chi connectivity index (χ0n) is 16.4. The average Bonchev–Trinajstić information content (AvgIpc) is 2.75. The number of nitrogens with zero attached hydrogens (tertiary/aromatic N) is 1. The standard InChI is InChI=1S/C24H27N3O/c1-2-23(21-13-12-19-10-6-7-11-20(19)14-21)27-24(28)22(15-25)17-26-16-18-8-4-3-5-9-18/h3-5,8-9,12-14,17,23,26H,2,6-7,10-11,16H2,1H3,(H,27,28)/b22-17-. The summed E-state index contributed by atoms with van der Waals surface area (Å²) >= 11 is 0. The van der Waals surface area contributed by atoms with Crippen LogP contribution < -0.4 is 10.6 Å². The van der Waals surface area contributed by atoms with Crippen LogP contribution in [0.5, 0.6) is 0 Å². The molecule has 0 saturated heterocycles. The number of hydrogen-bond acceptors (Lipinski definition) is 3. The molecule has 1 aliphatic carbocycles. The van der Waals surface area contributed by atoms with Crippen molar-refractivity contribution in [3.8, 4) is 6.07 Å². The minimum atomic E-state index is -0.340. The molecule has 3 rings (SSSR count). The molecule has 144 valence electrons. The zero-order valence-corrected chi connectivity index (χ0v) is 16.4. The normalized spacial score (nSPS) is 14.5. The van der Waals surface area contributed by atoms with Gasteiger partial charge in [-0.25, -0.2) is 0 Å². The molecule has 0 spiro atoms. The fourth-order valence-electron chi connectivity index (χ4n) is 3.64. The van der Waals surface area contributed by atoms with Gasteiger partial charge in [0.25, 0.3) is 5.91 Å². The number of carbonyl (C=O) groups excluding carboxylic acids is 1. The molecule has 1 atom stereocenters. The Kier molecular flexibility index (Phi) is 6.86. The summed E-state index contributed by atoms with van der Waals surface area (Å²) in [6.07, 6.45) is 7.02. The van der Waals surface area contributed by atoms with E-state index in [4.69, 9.17) is 0 Å². The van der Waals surface area contributed by atoms with E-state index in [0.717, 1.165) is 30.4 Å². The van der Waals surface area contributed by atoms with Crippen molar-refractivity contribution in [3.63, 3.8) is 0 Å². The van der Waals surface area contributed by atoms with Crippen molar-refractivity contribution in [2.75, 3.05) is 0 Å². The maximum Gasteiger partial charge on any atom is 0.263 e. The van der Waals surface area contributed by atoms with Gasteiger partial charge in [-0.1, -0.05) is 55.5 Å². The Labute approximate surface area is 167 Å². The van der Waals surface area contributed by atoms with Crippen molar-refractivity contribution in [3.05, 3.63) is 82.6 Å². The molecule has 0 aromatic heterocycles. The third kappa shape index (κ3) is 5.01. The smallest absolute Gasteiger partial charge is 0.263 e. The molecule has 0 radical (unpaired) electrons. The fourth-order valence-corrected chi connectivity index (χ4v) is 3.64. The van der Waals surface area contributed by atoms with E-state index >= 15 is 0 Å². The molecule has 0 fully saturated rings. The van der Waals surface area contributed by atoms with Crippen molar-refractivity contribution in [2.45, 2.75) is 51.6 Å². The SMILES string of the molecule is CCC(NC(=O)/C(C#N)=C\NCc1ccccc1)c1ccc2c(c1)CCCC2. The molecule has 2 aromatic carbocycles. The van der Waals surface area contributed by atoms with E-state index in [1.807, 2.05) is 43.3 Å². The van der Waals surface area contributed by atoms with Gasteiger partial charge in [-0.05, 0) is 54.4 Å². The van der Waals surface area contributed by atoms with Crippen LogP contribution in [0.25, 0.3) is 0 Å². The highest BCUT2D eigenvalue weighted by Gasteiger charge is 2.18. The van der Waals surface area contributed by atoms with Crippen LogP contribution in [-0.4, -0.2) is 5.91 Å². The van der Waals surface area contributed by atoms with Crippen molar-refractivity contribution >= 4 is 5.91 Å². The second-order valence-electron chi connectivity index (χ2n) is 7.21. The number of nitriles is 1. The Balaban J connectivity index is 1.65. The van der Waals surface area contributed by atoms with Crippen molar-refractivity contribution in [1.29, 1.82) is 5.26 Å². The average molecular weight is 374 g/mol. The van der Waals surface area contributed by atoms with Crippen LogP contribution in [0.2, 0.25) is 0 Å². The predicted octanol–water partition coefficient (Wildman–Crippen LogP) is 4.33. The first-order valence-electron chi connectivity index (χ1n) is 10.0. The first-order chi connectivity index (χ1) is 13.7. The van der Waals surface area contributed by atoms with Gasteiger partial charge in [0.15, 0.2) is 0 Å². The lowest BCUT2D eigenvalue weighted by Gasteiger charge is -2.21. The highest BCUT2D eigenvalue weighted by molar-refractivity contribution is 5.97. The molecule has 0 bridgehead atoms. The fraction of sp³-hybridized carbons (Fsp3) is 0.333. The van der Waals surface area contributed by atoms with Gasteiger partial charge < -0.3 is 10.6 Å². The quantitative estimate of drug-likeness (QED) is 0.561. The van der Waals surface area contributed by atoms with Crippen LogP contribution in [0.1, 0.15) is 54.5 Å². The first-order valence-corrected chi connectivity index (χ1v) is 10.0. The number of aryl methyl sites for hydroxylation is 2. The predicted molar refractivity (Wildman–Crippen MR) is 111 cm³/mol. The third-order valence-corrected chi connectivity index (χ3v) is 5.25. The van der Waals surface area contributed by atoms with Gasteiger partial charge in [0.05, 0.1) is 6.04 Å². The van der Waals surface area contributed by atoms with Crippen molar-refractivity contribution in [1.82, 2.24) is 10.6 Å². The maximum absolute atomic E-state index is 12.6. The van der Waals surface area contributed by atoms with Crippen LogP contribution in [0.15, 0.2) is 60.3 Å². The maximum atomic E-state index is 12.6. The number of hydrogen-bond donors (Lipinski definition) is 2. The number of nitrogens with one attached hydrogen (secondary N) is 2. The number of rotatable bonds is 7. The Morgan fingerprint density at radius 2 is 1.89 bits per heavy atom. The lowest BCUT2D eigenvalue weighted by Crippen LogP contribution is -2.30. The summed E-state index contributed by atoms with van der Waals surface area (Å²) in [6, 6.07) is 18.3. The Morgan fingerprint density at radius 3 is 2.61 bits per heavy atom. The number of carbonyl (C=O) groups is 1. The summed E-state index contributed by atoms with van der Waals surface area (Å²) in [5.74, 6) is -0.340. The van der Waals surface area contributed by atoms with Gasteiger partial charge in [-0.2, -0.15) is 5.26 Å². The molecular weight excluding hydrogens is 346 g/mol. The number of amides is 1. The van der Waals surface area contributed by atoms with Gasteiger partial charge in [0.2, 0.25) is 0 Å². The molecule has 2 aromatic rings. The Bertz CT molecular complexity index is 880. The van der Waals surface area contributed by atoms with Crippen LogP contribution in [0.3, 0.4) is 0 Å².